The van der Waals surface area contributed by atoms with Crippen LogP contribution in [0.1, 0.15) is 57.8 Å². The number of rotatable bonds is 4. The van der Waals surface area contributed by atoms with Crippen molar-refractivity contribution >= 4 is 5.91 Å². The molecule has 3 unspecified atom stereocenters. The van der Waals surface area contributed by atoms with Gasteiger partial charge in [0.15, 0.2) is 0 Å². The zero-order valence-corrected chi connectivity index (χ0v) is 13.2. The third-order valence-corrected chi connectivity index (χ3v) is 4.61. The second-order valence-electron chi connectivity index (χ2n) is 6.11. The van der Waals surface area contributed by atoms with E-state index in [1.165, 1.54) is 11.1 Å². The molecule has 2 rings (SSSR count). The van der Waals surface area contributed by atoms with Gasteiger partial charge in [0.25, 0.3) is 0 Å². The van der Waals surface area contributed by atoms with Crippen LogP contribution in [0.4, 0.5) is 0 Å². The van der Waals surface area contributed by atoms with Crippen molar-refractivity contribution in [2.75, 3.05) is 0 Å². The zero-order valence-electron chi connectivity index (χ0n) is 13.2. The van der Waals surface area contributed by atoms with E-state index in [-0.39, 0.29) is 18.1 Å². The standard InChI is InChI=1S/C17H26N2O/c1-6-13(4)19-15(14-10-8-12(3)9-11-14)18-17(5,7-2)16(19)20/h8-11,13,15,18H,6-7H2,1-5H3. The lowest BCUT2D eigenvalue weighted by Gasteiger charge is -2.30. The maximum atomic E-state index is 12.8. The quantitative estimate of drug-likeness (QED) is 0.912. The normalized spacial score (nSPS) is 27.9. The molecule has 1 aromatic carbocycles. The van der Waals surface area contributed by atoms with Crippen molar-refractivity contribution in [3.05, 3.63) is 35.4 Å². The number of carbonyl (C=O) groups is 1. The fraction of sp³-hybridized carbons (Fsp3) is 0.588. The molecule has 0 aromatic heterocycles. The van der Waals surface area contributed by atoms with Crippen LogP contribution in [0.25, 0.3) is 0 Å². The molecule has 3 heteroatoms. The molecule has 110 valence electrons. The molecule has 0 spiro atoms. The molecule has 1 aliphatic rings. The number of hydrogen-bond donors (Lipinski definition) is 1. The van der Waals surface area contributed by atoms with Crippen molar-refractivity contribution in [2.45, 2.75) is 65.2 Å². The van der Waals surface area contributed by atoms with E-state index in [1.54, 1.807) is 0 Å². The van der Waals surface area contributed by atoms with Crippen molar-refractivity contribution < 1.29 is 4.79 Å². The van der Waals surface area contributed by atoms with Crippen LogP contribution in [0, 0.1) is 6.92 Å². The van der Waals surface area contributed by atoms with Crippen molar-refractivity contribution in [1.29, 1.82) is 0 Å². The van der Waals surface area contributed by atoms with Gasteiger partial charge in [0.2, 0.25) is 5.91 Å². The maximum absolute atomic E-state index is 12.8. The first-order valence-corrected chi connectivity index (χ1v) is 7.60. The van der Waals surface area contributed by atoms with Crippen LogP contribution in [-0.4, -0.2) is 22.4 Å². The van der Waals surface area contributed by atoms with Crippen LogP contribution in [0.5, 0.6) is 0 Å². The van der Waals surface area contributed by atoms with E-state index in [9.17, 15) is 4.79 Å². The third kappa shape index (κ3) is 2.47. The summed E-state index contributed by atoms with van der Waals surface area (Å²) < 4.78 is 0. The number of amides is 1. The molecule has 1 fully saturated rings. The zero-order chi connectivity index (χ0) is 14.9. The van der Waals surface area contributed by atoms with Crippen molar-refractivity contribution in [1.82, 2.24) is 10.2 Å². The number of nitrogens with zero attached hydrogens (tertiary/aromatic N) is 1. The highest BCUT2D eigenvalue weighted by atomic mass is 16.2. The summed E-state index contributed by atoms with van der Waals surface area (Å²) in [5.41, 5.74) is 1.96. The van der Waals surface area contributed by atoms with Crippen LogP contribution in [0.15, 0.2) is 24.3 Å². The molecular weight excluding hydrogens is 248 g/mol. The minimum atomic E-state index is -0.445. The molecule has 1 saturated heterocycles. The fourth-order valence-corrected chi connectivity index (χ4v) is 2.73. The minimum Gasteiger partial charge on any atom is -0.319 e. The summed E-state index contributed by atoms with van der Waals surface area (Å²) in [4.78, 5) is 14.8. The van der Waals surface area contributed by atoms with Gasteiger partial charge in [-0.05, 0) is 39.2 Å². The summed E-state index contributed by atoms with van der Waals surface area (Å²) in [5, 5.41) is 3.54. The monoisotopic (exact) mass is 274 g/mol. The fourth-order valence-electron chi connectivity index (χ4n) is 2.73. The molecular formula is C17H26N2O. The molecule has 20 heavy (non-hydrogen) atoms. The molecule has 0 bridgehead atoms. The van der Waals surface area contributed by atoms with Crippen molar-refractivity contribution in [2.24, 2.45) is 0 Å². The summed E-state index contributed by atoms with van der Waals surface area (Å²) in [5.74, 6) is 0.222. The van der Waals surface area contributed by atoms with Gasteiger partial charge in [0, 0.05) is 6.04 Å². The van der Waals surface area contributed by atoms with Crippen LogP contribution in [-0.2, 0) is 4.79 Å². The van der Waals surface area contributed by atoms with Gasteiger partial charge in [-0.15, -0.1) is 0 Å². The van der Waals surface area contributed by atoms with Crippen LogP contribution in [0.3, 0.4) is 0 Å². The molecule has 1 aliphatic heterocycles. The molecule has 0 saturated carbocycles. The number of carbonyl (C=O) groups excluding carboxylic acids is 1. The SMILES string of the molecule is CCC(C)N1C(=O)C(C)(CC)NC1c1ccc(C)cc1. The highest BCUT2D eigenvalue weighted by Gasteiger charge is 2.48. The van der Waals surface area contributed by atoms with E-state index in [0.29, 0.717) is 0 Å². The van der Waals surface area contributed by atoms with Crippen LogP contribution >= 0.6 is 0 Å². The Morgan fingerprint density at radius 2 is 1.90 bits per heavy atom. The third-order valence-electron chi connectivity index (χ3n) is 4.61. The predicted molar refractivity (Wildman–Crippen MR) is 82.4 cm³/mol. The maximum Gasteiger partial charge on any atom is 0.244 e. The molecule has 1 amide bonds. The van der Waals surface area contributed by atoms with E-state index in [2.05, 4.69) is 57.3 Å². The Kier molecular flexibility index (Phi) is 4.19. The molecule has 0 radical (unpaired) electrons. The summed E-state index contributed by atoms with van der Waals surface area (Å²) in [6, 6.07) is 8.71. The van der Waals surface area contributed by atoms with E-state index in [0.717, 1.165) is 12.8 Å². The highest BCUT2D eigenvalue weighted by Crippen LogP contribution is 2.34. The van der Waals surface area contributed by atoms with Gasteiger partial charge in [-0.1, -0.05) is 43.7 Å². The minimum absolute atomic E-state index is 0.0111. The summed E-state index contributed by atoms with van der Waals surface area (Å²) in [7, 11) is 0. The average Bonchev–Trinajstić information content (AvgIpc) is 2.72. The van der Waals surface area contributed by atoms with Gasteiger partial charge in [0.05, 0.1) is 5.54 Å². The smallest absolute Gasteiger partial charge is 0.244 e. The molecule has 1 aromatic rings. The molecule has 0 aliphatic carbocycles. The van der Waals surface area contributed by atoms with Gasteiger partial charge in [-0.2, -0.15) is 0 Å². The van der Waals surface area contributed by atoms with Gasteiger partial charge in [-0.3, -0.25) is 10.1 Å². The summed E-state index contributed by atoms with van der Waals surface area (Å²) in [6.45, 7) is 10.4. The second kappa shape index (κ2) is 5.57. The predicted octanol–water partition coefficient (Wildman–Crippen LogP) is 3.39. The number of nitrogens with one attached hydrogen (secondary N) is 1. The number of aryl methyl sites for hydroxylation is 1. The highest BCUT2D eigenvalue weighted by molar-refractivity contribution is 5.88. The first-order valence-electron chi connectivity index (χ1n) is 7.60. The molecule has 1 N–H and O–H groups in total. The van der Waals surface area contributed by atoms with Crippen LogP contribution < -0.4 is 5.32 Å². The number of hydrogen-bond acceptors (Lipinski definition) is 2. The Labute approximate surface area is 122 Å². The lowest BCUT2D eigenvalue weighted by Crippen LogP contribution is -2.44. The molecule has 3 atom stereocenters. The molecule has 1 heterocycles. The number of benzene rings is 1. The Morgan fingerprint density at radius 3 is 2.40 bits per heavy atom. The Bertz CT molecular complexity index is 482. The van der Waals surface area contributed by atoms with Gasteiger partial charge < -0.3 is 4.90 Å². The van der Waals surface area contributed by atoms with Gasteiger partial charge >= 0.3 is 0 Å². The lowest BCUT2D eigenvalue weighted by molar-refractivity contribution is -0.135. The molecule has 3 nitrogen and oxygen atoms in total. The Morgan fingerprint density at radius 1 is 1.30 bits per heavy atom. The van der Waals surface area contributed by atoms with Crippen LogP contribution in [0.2, 0.25) is 0 Å². The van der Waals surface area contributed by atoms with E-state index in [1.807, 2.05) is 11.8 Å². The van der Waals surface area contributed by atoms with E-state index < -0.39 is 5.54 Å². The van der Waals surface area contributed by atoms with Crippen molar-refractivity contribution in [3.8, 4) is 0 Å². The lowest BCUT2D eigenvalue weighted by atomic mass is 9.99. The summed E-state index contributed by atoms with van der Waals surface area (Å²) >= 11 is 0. The van der Waals surface area contributed by atoms with Gasteiger partial charge in [0.1, 0.15) is 6.17 Å². The Hall–Kier alpha value is -1.35. The van der Waals surface area contributed by atoms with Crippen molar-refractivity contribution in [3.63, 3.8) is 0 Å². The largest absolute Gasteiger partial charge is 0.319 e. The first kappa shape index (κ1) is 15.0. The topological polar surface area (TPSA) is 32.3 Å². The second-order valence-corrected chi connectivity index (χ2v) is 6.11. The average molecular weight is 274 g/mol. The Balaban J connectivity index is 2.39. The van der Waals surface area contributed by atoms with E-state index in [4.69, 9.17) is 0 Å². The summed E-state index contributed by atoms with van der Waals surface area (Å²) in [6.07, 6.45) is 1.76. The van der Waals surface area contributed by atoms with Gasteiger partial charge in [-0.25, -0.2) is 0 Å². The van der Waals surface area contributed by atoms with E-state index >= 15 is 0 Å². The first-order chi connectivity index (χ1) is 9.42.